The van der Waals surface area contributed by atoms with E-state index in [1.54, 1.807) is 31.2 Å². The van der Waals surface area contributed by atoms with Crippen LogP contribution >= 0.6 is 11.3 Å². The Labute approximate surface area is 168 Å². The number of carbonyl (C=O) groups is 3. The van der Waals surface area contributed by atoms with E-state index in [1.807, 2.05) is 6.07 Å². The van der Waals surface area contributed by atoms with Crippen LogP contribution < -0.4 is 10.6 Å². The molecule has 2 aromatic rings. The molecular weight excluding hydrogens is 376 g/mol. The third kappa shape index (κ3) is 4.78. The van der Waals surface area contributed by atoms with Gasteiger partial charge in [-0.05, 0) is 50.3 Å². The molecule has 7 heteroatoms. The Hall–Kier alpha value is -2.67. The first-order chi connectivity index (χ1) is 13.6. The summed E-state index contributed by atoms with van der Waals surface area (Å²) in [5, 5.41) is 6.14. The minimum absolute atomic E-state index is 0.128. The molecule has 0 fully saturated rings. The number of hydrogen-bond acceptors (Lipinski definition) is 5. The van der Waals surface area contributed by atoms with E-state index in [9.17, 15) is 14.4 Å². The second-order valence-corrected chi connectivity index (χ2v) is 7.66. The highest BCUT2D eigenvalue weighted by Crippen LogP contribution is 2.38. The summed E-state index contributed by atoms with van der Waals surface area (Å²) in [5.74, 6) is -0.834. The van der Waals surface area contributed by atoms with E-state index in [2.05, 4.69) is 10.6 Å². The molecule has 2 N–H and O–H groups in total. The van der Waals surface area contributed by atoms with Crippen LogP contribution in [0.25, 0.3) is 0 Å². The van der Waals surface area contributed by atoms with E-state index in [0.717, 1.165) is 36.1 Å². The second kappa shape index (κ2) is 9.50. The van der Waals surface area contributed by atoms with Crippen LogP contribution in [0.1, 0.15) is 57.3 Å². The van der Waals surface area contributed by atoms with Crippen LogP contribution in [-0.2, 0) is 22.4 Å². The van der Waals surface area contributed by atoms with Crippen LogP contribution in [0, 0.1) is 0 Å². The van der Waals surface area contributed by atoms with Gasteiger partial charge in [0.2, 0.25) is 5.91 Å². The number of thiophene rings is 1. The molecule has 0 unspecified atom stereocenters. The molecule has 0 radical (unpaired) electrons. The van der Waals surface area contributed by atoms with E-state index in [-0.39, 0.29) is 30.7 Å². The predicted molar refractivity (Wildman–Crippen MR) is 109 cm³/mol. The molecule has 0 spiro atoms. The molecule has 0 saturated heterocycles. The fourth-order valence-electron chi connectivity index (χ4n) is 3.24. The van der Waals surface area contributed by atoms with Crippen LogP contribution in [-0.4, -0.2) is 30.9 Å². The predicted octanol–water partition coefficient (Wildman–Crippen LogP) is 3.56. The quantitative estimate of drug-likeness (QED) is 0.696. The average molecular weight is 401 g/mol. The van der Waals surface area contributed by atoms with Crippen LogP contribution in [0.3, 0.4) is 0 Å². The topological polar surface area (TPSA) is 84.5 Å². The van der Waals surface area contributed by atoms with Gasteiger partial charge >= 0.3 is 5.97 Å². The van der Waals surface area contributed by atoms with E-state index >= 15 is 0 Å². The lowest BCUT2D eigenvalue weighted by molar-refractivity contribution is -0.116. The lowest BCUT2D eigenvalue weighted by Gasteiger charge is -2.12. The van der Waals surface area contributed by atoms with Crippen LogP contribution in [0.2, 0.25) is 0 Å². The molecule has 1 aromatic heterocycles. The van der Waals surface area contributed by atoms with Crippen LogP contribution in [0.15, 0.2) is 30.3 Å². The number of aryl methyl sites for hydroxylation is 1. The van der Waals surface area contributed by atoms with Gasteiger partial charge < -0.3 is 15.4 Å². The molecule has 0 bridgehead atoms. The number of rotatable bonds is 7. The van der Waals surface area contributed by atoms with Crippen molar-refractivity contribution in [3.05, 3.63) is 51.9 Å². The van der Waals surface area contributed by atoms with Gasteiger partial charge in [-0.25, -0.2) is 4.79 Å². The minimum atomic E-state index is -0.380. The molecule has 148 valence electrons. The van der Waals surface area contributed by atoms with Crippen molar-refractivity contribution in [2.24, 2.45) is 0 Å². The third-order valence-electron chi connectivity index (χ3n) is 4.58. The Balaban J connectivity index is 1.61. The second-order valence-electron chi connectivity index (χ2n) is 6.56. The zero-order valence-electron chi connectivity index (χ0n) is 15.9. The summed E-state index contributed by atoms with van der Waals surface area (Å²) in [5.41, 5.74) is 2.07. The van der Waals surface area contributed by atoms with Gasteiger partial charge in [-0.3, -0.25) is 9.59 Å². The molecule has 1 aliphatic carbocycles. The lowest BCUT2D eigenvalue weighted by Crippen LogP contribution is -2.27. The Bertz CT molecular complexity index is 861. The maximum Gasteiger partial charge on any atom is 0.341 e. The Morgan fingerprint density at radius 3 is 2.61 bits per heavy atom. The largest absolute Gasteiger partial charge is 0.462 e. The van der Waals surface area contributed by atoms with Gasteiger partial charge in [0.15, 0.2) is 0 Å². The molecule has 1 heterocycles. The Kier molecular flexibility index (Phi) is 6.81. The van der Waals surface area contributed by atoms with E-state index in [1.165, 1.54) is 11.3 Å². The molecule has 0 aliphatic heterocycles. The van der Waals surface area contributed by atoms with Gasteiger partial charge in [0.1, 0.15) is 5.00 Å². The number of hydrogen-bond donors (Lipinski definition) is 2. The van der Waals surface area contributed by atoms with Gasteiger partial charge in [0.25, 0.3) is 5.91 Å². The van der Waals surface area contributed by atoms with Crippen molar-refractivity contribution in [1.29, 1.82) is 0 Å². The summed E-state index contributed by atoms with van der Waals surface area (Å²) in [6.07, 6.45) is 4.02. The summed E-state index contributed by atoms with van der Waals surface area (Å²) >= 11 is 1.46. The summed E-state index contributed by atoms with van der Waals surface area (Å²) < 4.78 is 5.20. The third-order valence-corrected chi connectivity index (χ3v) is 5.78. The number of fused-ring (bicyclic) bond motifs is 1. The van der Waals surface area contributed by atoms with Crippen molar-refractivity contribution in [2.45, 2.75) is 39.0 Å². The van der Waals surface area contributed by atoms with Gasteiger partial charge in [-0.1, -0.05) is 18.2 Å². The molecule has 1 aromatic carbocycles. The van der Waals surface area contributed by atoms with Crippen molar-refractivity contribution in [2.75, 3.05) is 18.5 Å². The molecule has 1 aliphatic rings. The number of amides is 2. The van der Waals surface area contributed by atoms with Crippen LogP contribution in [0.4, 0.5) is 5.00 Å². The zero-order valence-corrected chi connectivity index (χ0v) is 16.7. The van der Waals surface area contributed by atoms with Gasteiger partial charge in [0.05, 0.1) is 12.2 Å². The maximum atomic E-state index is 12.4. The smallest absolute Gasteiger partial charge is 0.341 e. The maximum absolute atomic E-state index is 12.4. The minimum Gasteiger partial charge on any atom is -0.462 e. The van der Waals surface area contributed by atoms with Gasteiger partial charge in [-0.15, -0.1) is 11.3 Å². The highest BCUT2D eigenvalue weighted by Gasteiger charge is 2.27. The van der Waals surface area contributed by atoms with Crippen LogP contribution in [0.5, 0.6) is 0 Å². The number of esters is 1. The van der Waals surface area contributed by atoms with Crippen molar-refractivity contribution in [1.82, 2.24) is 5.32 Å². The summed E-state index contributed by atoms with van der Waals surface area (Å²) in [4.78, 5) is 38.0. The molecule has 28 heavy (non-hydrogen) atoms. The molecule has 6 nitrogen and oxygen atoms in total. The van der Waals surface area contributed by atoms with Crippen molar-refractivity contribution in [3.63, 3.8) is 0 Å². The summed E-state index contributed by atoms with van der Waals surface area (Å²) in [6, 6.07) is 8.86. The normalized spacial score (nSPS) is 12.8. The van der Waals surface area contributed by atoms with E-state index in [0.29, 0.717) is 22.7 Å². The number of nitrogens with one attached hydrogen (secondary N) is 2. The standard InChI is InChI=1S/C21H24N2O4S/c1-2-27-21(26)18-15-10-6-7-11-16(15)28-20(18)23-17(24)12-13-22-19(25)14-8-4-3-5-9-14/h3-5,8-9H,2,6-7,10-13H2,1H3,(H,22,25)(H,23,24). The average Bonchev–Trinajstić information content (AvgIpc) is 3.06. The van der Waals surface area contributed by atoms with Gasteiger partial charge in [-0.2, -0.15) is 0 Å². The molecule has 2 amide bonds. The Morgan fingerprint density at radius 2 is 1.86 bits per heavy atom. The van der Waals surface area contributed by atoms with Crippen molar-refractivity contribution in [3.8, 4) is 0 Å². The SMILES string of the molecule is CCOC(=O)c1c(NC(=O)CCNC(=O)c2ccccc2)sc2c1CCCC2. The molecular formula is C21H24N2O4S. The summed E-state index contributed by atoms with van der Waals surface area (Å²) in [6.45, 7) is 2.28. The van der Waals surface area contributed by atoms with E-state index in [4.69, 9.17) is 4.74 Å². The number of anilines is 1. The fraction of sp³-hybridized carbons (Fsp3) is 0.381. The summed E-state index contributed by atoms with van der Waals surface area (Å²) in [7, 11) is 0. The van der Waals surface area contributed by atoms with Crippen molar-refractivity contribution < 1.29 is 19.1 Å². The van der Waals surface area contributed by atoms with Crippen molar-refractivity contribution >= 4 is 34.1 Å². The molecule has 0 atom stereocenters. The number of ether oxygens (including phenoxy) is 1. The van der Waals surface area contributed by atoms with Gasteiger partial charge in [0, 0.05) is 23.4 Å². The first-order valence-corrected chi connectivity index (χ1v) is 10.4. The zero-order chi connectivity index (χ0) is 19.9. The molecule has 0 saturated carbocycles. The first kappa shape index (κ1) is 20.1. The molecule has 3 rings (SSSR count). The lowest BCUT2D eigenvalue weighted by atomic mass is 9.95. The number of carbonyl (C=O) groups excluding carboxylic acids is 3. The fourth-order valence-corrected chi connectivity index (χ4v) is 4.54. The highest BCUT2D eigenvalue weighted by atomic mass is 32.1. The first-order valence-electron chi connectivity index (χ1n) is 9.55. The highest BCUT2D eigenvalue weighted by molar-refractivity contribution is 7.17. The van der Waals surface area contributed by atoms with E-state index < -0.39 is 0 Å². The number of benzene rings is 1. The Morgan fingerprint density at radius 1 is 1.11 bits per heavy atom. The monoisotopic (exact) mass is 400 g/mol.